The largest absolute Gasteiger partial charge is 0.316 e. The van der Waals surface area contributed by atoms with Gasteiger partial charge in [-0.2, -0.15) is 0 Å². The lowest BCUT2D eigenvalue weighted by Gasteiger charge is -2.13. The summed E-state index contributed by atoms with van der Waals surface area (Å²) in [6.45, 7) is 6.86. The molecule has 0 aliphatic heterocycles. The van der Waals surface area contributed by atoms with E-state index in [4.69, 9.17) is 0 Å². The maximum absolute atomic E-state index is 3.44. The zero-order chi connectivity index (χ0) is 7.45. The van der Waals surface area contributed by atoms with Gasteiger partial charge in [0.25, 0.3) is 0 Å². The lowest BCUT2D eigenvalue weighted by molar-refractivity contribution is 0.427. The van der Waals surface area contributed by atoms with Crippen molar-refractivity contribution in [1.82, 2.24) is 5.32 Å². The Hall–Kier alpha value is -0.0400. The van der Waals surface area contributed by atoms with E-state index < -0.39 is 0 Å². The van der Waals surface area contributed by atoms with Gasteiger partial charge in [-0.1, -0.05) is 20.3 Å². The van der Waals surface area contributed by atoms with Gasteiger partial charge in [-0.15, -0.1) is 0 Å². The molecular weight excluding hydrogens is 122 g/mol. The lowest BCUT2D eigenvalue weighted by atomic mass is 10.0. The third-order valence-electron chi connectivity index (χ3n) is 2.49. The highest BCUT2D eigenvalue weighted by atomic mass is 14.9. The van der Waals surface area contributed by atoms with Gasteiger partial charge in [-0.05, 0) is 31.2 Å². The van der Waals surface area contributed by atoms with Crippen molar-refractivity contribution >= 4 is 0 Å². The van der Waals surface area contributed by atoms with Crippen LogP contribution < -0.4 is 5.32 Å². The molecule has 0 aromatic rings. The maximum atomic E-state index is 3.44. The van der Waals surface area contributed by atoms with E-state index in [1.165, 1.54) is 32.2 Å². The molecule has 60 valence electrons. The van der Waals surface area contributed by atoms with Crippen LogP contribution >= 0.6 is 0 Å². The van der Waals surface area contributed by atoms with Crippen molar-refractivity contribution in [3.8, 4) is 0 Å². The first-order valence-corrected chi connectivity index (χ1v) is 4.54. The van der Waals surface area contributed by atoms with Crippen molar-refractivity contribution in [2.24, 2.45) is 5.41 Å². The molecule has 1 aliphatic carbocycles. The molecule has 1 heteroatoms. The molecular formula is C9H19N. The topological polar surface area (TPSA) is 12.0 Å². The van der Waals surface area contributed by atoms with Crippen molar-refractivity contribution in [2.75, 3.05) is 13.1 Å². The zero-order valence-electron chi connectivity index (χ0n) is 7.24. The van der Waals surface area contributed by atoms with E-state index in [1.54, 1.807) is 0 Å². The van der Waals surface area contributed by atoms with Crippen molar-refractivity contribution < 1.29 is 0 Å². The van der Waals surface area contributed by atoms with Gasteiger partial charge in [0.05, 0.1) is 0 Å². The van der Waals surface area contributed by atoms with Crippen LogP contribution in [-0.2, 0) is 0 Å². The van der Waals surface area contributed by atoms with Crippen molar-refractivity contribution in [2.45, 2.75) is 39.5 Å². The summed E-state index contributed by atoms with van der Waals surface area (Å²) in [5.74, 6) is 0. The summed E-state index contributed by atoms with van der Waals surface area (Å²) in [6, 6.07) is 0. The molecule has 0 aromatic carbocycles. The standard InChI is InChI=1S/C9H19N/c1-3-5-9(6-7-9)8-10-4-2/h10H,3-8H2,1-2H3. The highest BCUT2D eigenvalue weighted by molar-refractivity contribution is 4.93. The lowest BCUT2D eigenvalue weighted by Crippen LogP contribution is -2.23. The van der Waals surface area contributed by atoms with E-state index in [1.807, 2.05) is 0 Å². The first-order valence-electron chi connectivity index (χ1n) is 4.54. The Kier molecular flexibility index (Phi) is 2.72. The highest BCUT2D eigenvalue weighted by Crippen LogP contribution is 2.48. The summed E-state index contributed by atoms with van der Waals surface area (Å²) >= 11 is 0. The van der Waals surface area contributed by atoms with Crippen LogP contribution in [0.4, 0.5) is 0 Å². The van der Waals surface area contributed by atoms with Gasteiger partial charge in [-0.25, -0.2) is 0 Å². The third kappa shape index (κ3) is 1.98. The second kappa shape index (κ2) is 3.38. The van der Waals surface area contributed by atoms with Crippen LogP contribution in [0.25, 0.3) is 0 Å². The maximum Gasteiger partial charge on any atom is 0.000769 e. The molecule has 1 aliphatic rings. The van der Waals surface area contributed by atoms with Gasteiger partial charge < -0.3 is 5.32 Å². The second-order valence-corrected chi connectivity index (χ2v) is 3.53. The van der Waals surface area contributed by atoms with Gasteiger partial charge in [0, 0.05) is 6.54 Å². The van der Waals surface area contributed by atoms with Crippen molar-refractivity contribution in [3.05, 3.63) is 0 Å². The quantitative estimate of drug-likeness (QED) is 0.618. The minimum Gasteiger partial charge on any atom is -0.316 e. The average molecular weight is 141 g/mol. The molecule has 1 N–H and O–H groups in total. The molecule has 1 nitrogen and oxygen atoms in total. The summed E-state index contributed by atoms with van der Waals surface area (Å²) in [5.41, 5.74) is 0.741. The SMILES string of the molecule is CCCC1(CNCC)CC1. The molecule has 0 bridgehead atoms. The van der Waals surface area contributed by atoms with E-state index >= 15 is 0 Å². The fraction of sp³-hybridized carbons (Fsp3) is 1.00. The van der Waals surface area contributed by atoms with E-state index in [9.17, 15) is 0 Å². The Morgan fingerprint density at radius 2 is 2.00 bits per heavy atom. The Balaban J connectivity index is 2.11. The third-order valence-corrected chi connectivity index (χ3v) is 2.49. The Morgan fingerprint density at radius 3 is 2.40 bits per heavy atom. The molecule has 0 unspecified atom stereocenters. The molecule has 10 heavy (non-hydrogen) atoms. The first-order chi connectivity index (χ1) is 4.83. The first kappa shape index (κ1) is 8.06. The summed E-state index contributed by atoms with van der Waals surface area (Å²) in [6.07, 6.45) is 5.72. The van der Waals surface area contributed by atoms with E-state index in [2.05, 4.69) is 19.2 Å². The fourth-order valence-corrected chi connectivity index (χ4v) is 1.61. The van der Waals surface area contributed by atoms with Crippen LogP contribution in [0.3, 0.4) is 0 Å². The molecule has 0 amide bonds. The molecule has 0 aromatic heterocycles. The van der Waals surface area contributed by atoms with Crippen LogP contribution in [0.2, 0.25) is 0 Å². The zero-order valence-corrected chi connectivity index (χ0v) is 7.24. The highest BCUT2D eigenvalue weighted by Gasteiger charge is 2.40. The molecule has 1 rings (SSSR count). The molecule has 0 atom stereocenters. The van der Waals surface area contributed by atoms with Crippen LogP contribution in [0.1, 0.15) is 39.5 Å². The van der Waals surface area contributed by atoms with Gasteiger partial charge in [-0.3, -0.25) is 0 Å². The smallest absolute Gasteiger partial charge is 0.000769 e. The summed E-state index contributed by atoms with van der Waals surface area (Å²) in [7, 11) is 0. The van der Waals surface area contributed by atoms with Gasteiger partial charge in [0.2, 0.25) is 0 Å². The molecule has 1 fully saturated rings. The van der Waals surface area contributed by atoms with Crippen molar-refractivity contribution in [3.63, 3.8) is 0 Å². The van der Waals surface area contributed by atoms with Gasteiger partial charge in [0.1, 0.15) is 0 Å². The normalized spacial score (nSPS) is 21.0. The molecule has 1 saturated carbocycles. The number of hydrogen-bond acceptors (Lipinski definition) is 1. The monoisotopic (exact) mass is 141 g/mol. The minimum atomic E-state index is 0.741. The molecule has 0 heterocycles. The predicted molar refractivity (Wildman–Crippen MR) is 45.1 cm³/mol. The van der Waals surface area contributed by atoms with Gasteiger partial charge in [0.15, 0.2) is 0 Å². The van der Waals surface area contributed by atoms with Gasteiger partial charge >= 0.3 is 0 Å². The van der Waals surface area contributed by atoms with Crippen LogP contribution in [0, 0.1) is 5.41 Å². The summed E-state index contributed by atoms with van der Waals surface area (Å²) in [5, 5.41) is 3.44. The molecule has 0 spiro atoms. The summed E-state index contributed by atoms with van der Waals surface area (Å²) in [4.78, 5) is 0. The van der Waals surface area contributed by atoms with Crippen LogP contribution in [-0.4, -0.2) is 13.1 Å². The number of nitrogens with one attached hydrogen (secondary N) is 1. The van der Waals surface area contributed by atoms with E-state index in [0.29, 0.717) is 0 Å². The minimum absolute atomic E-state index is 0.741. The second-order valence-electron chi connectivity index (χ2n) is 3.53. The molecule has 0 radical (unpaired) electrons. The van der Waals surface area contributed by atoms with Crippen LogP contribution in [0.5, 0.6) is 0 Å². The fourth-order valence-electron chi connectivity index (χ4n) is 1.61. The van der Waals surface area contributed by atoms with Crippen LogP contribution in [0.15, 0.2) is 0 Å². The average Bonchev–Trinajstić information content (AvgIpc) is 2.67. The number of rotatable bonds is 5. The van der Waals surface area contributed by atoms with Crippen molar-refractivity contribution in [1.29, 1.82) is 0 Å². The summed E-state index contributed by atoms with van der Waals surface area (Å²) < 4.78 is 0. The van der Waals surface area contributed by atoms with E-state index in [0.717, 1.165) is 12.0 Å². The Bertz CT molecular complexity index is 94.9. The van der Waals surface area contributed by atoms with E-state index in [-0.39, 0.29) is 0 Å². The predicted octanol–water partition coefficient (Wildman–Crippen LogP) is 2.18. The Labute approximate surface area is 64.2 Å². The molecule has 0 saturated heterocycles. The number of hydrogen-bond donors (Lipinski definition) is 1. The Morgan fingerprint density at radius 1 is 1.30 bits per heavy atom.